The Balaban J connectivity index is 1.18. The third-order valence-corrected chi connectivity index (χ3v) is 6.50. The summed E-state index contributed by atoms with van der Waals surface area (Å²) in [4.78, 5) is 19.6. The summed E-state index contributed by atoms with van der Waals surface area (Å²) in [6.45, 7) is 4.31. The third-order valence-electron chi connectivity index (χ3n) is 6.50. The number of anilines is 2. The maximum Gasteiger partial charge on any atom is 0.298 e. The van der Waals surface area contributed by atoms with Gasteiger partial charge in [-0.25, -0.2) is 0 Å². The molecule has 0 bridgehead atoms. The van der Waals surface area contributed by atoms with E-state index < -0.39 is 0 Å². The molecule has 3 aliphatic rings. The Morgan fingerprint density at radius 2 is 1.97 bits per heavy atom. The zero-order valence-electron chi connectivity index (χ0n) is 16.6. The Hall–Kier alpha value is -3.06. The molecule has 154 valence electrons. The maximum atomic E-state index is 12.7. The van der Waals surface area contributed by atoms with Gasteiger partial charge in [-0.05, 0) is 54.8 Å². The number of aromatic nitrogens is 1. The lowest BCUT2D eigenvalue weighted by Gasteiger charge is -2.46. The number of amides is 1. The number of hydrogen-bond acceptors (Lipinski definition) is 6. The van der Waals surface area contributed by atoms with Crippen LogP contribution in [0.5, 0.6) is 5.75 Å². The van der Waals surface area contributed by atoms with Gasteiger partial charge in [0.1, 0.15) is 11.3 Å². The van der Waals surface area contributed by atoms with Gasteiger partial charge in [0.25, 0.3) is 11.9 Å². The molecule has 3 aromatic rings. The molecule has 30 heavy (non-hydrogen) atoms. The van der Waals surface area contributed by atoms with Gasteiger partial charge in [0.05, 0.1) is 19.8 Å². The maximum absolute atomic E-state index is 12.7. The summed E-state index contributed by atoms with van der Waals surface area (Å²) in [5, 5.41) is 2.97. The fourth-order valence-corrected chi connectivity index (χ4v) is 4.51. The Morgan fingerprint density at radius 3 is 2.77 bits per heavy atom. The summed E-state index contributed by atoms with van der Waals surface area (Å²) in [5.74, 6) is 0.730. The molecule has 6 rings (SSSR count). The minimum Gasteiger partial charge on any atom is -0.493 e. The first kappa shape index (κ1) is 17.8. The number of nitrogens with one attached hydrogen (secondary N) is 1. The molecule has 0 unspecified atom stereocenters. The van der Waals surface area contributed by atoms with Gasteiger partial charge in [-0.1, -0.05) is 0 Å². The topological polar surface area (TPSA) is 76.8 Å². The Kier molecular flexibility index (Phi) is 3.99. The highest BCUT2D eigenvalue weighted by atomic mass is 16.5. The second-order valence-electron chi connectivity index (χ2n) is 8.53. The van der Waals surface area contributed by atoms with Gasteiger partial charge in [-0.15, -0.1) is 0 Å². The highest BCUT2D eigenvalue weighted by molar-refractivity contribution is 6.05. The molecule has 1 amide bonds. The van der Waals surface area contributed by atoms with E-state index >= 15 is 0 Å². The smallest absolute Gasteiger partial charge is 0.298 e. The standard InChI is InChI=1S/C23H23N3O4/c27-21(16-1-3-19-15(11-16)5-10-29-19)24-17-2-4-20-18(12-17)25-22(30-20)26-8-6-23(7-9-26)13-28-14-23/h1-4,11-12H,5-10,13-14H2,(H,24,27). The van der Waals surface area contributed by atoms with Crippen molar-refractivity contribution in [3.8, 4) is 5.75 Å². The van der Waals surface area contributed by atoms with Crippen LogP contribution in [-0.4, -0.2) is 43.8 Å². The van der Waals surface area contributed by atoms with E-state index in [0.717, 1.165) is 68.0 Å². The molecule has 1 N–H and O–H groups in total. The number of carbonyl (C=O) groups is 1. The van der Waals surface area contributed by atoms with Crippen LogP contribution in [0.1, 0.15) is 28.8 Å². The molecule has 7 heteroatoms. The number of rotatable bonds is 3. The summed E-state index contributed by atoms with van der Waals surface area (Å²) >= 11 is 0. The summed E-state index contributed by atoms with van der Waals surface area (Å²) in [6, 6.07) is 11.8. The molecule has 3 aliphatic heterocycles. The van der Waals surface area contributed by atoms with E-state index in [1.54, 1.807) is 6.07 Å². The predicted molar refractivity (Wildman–Crippen MR) is 112 cm³/mol. The van der Waals surface area contributed by atoms with E-state index in [-0.39, 0.29) is 5.91 Å². The zero-order valence-corrected chi connectivity index (χ0v) is 16.6. The molecule has 7 nitrogen and oxygen atoms in total. The van der Waals surface area contributed by atoms with Crippen LogP contribution in [0.25, 0.3) is 11.1 Å². The van der Waals surface area contributed by atoms with Crippen LogP contribution >= 0.6 is 0 Å². The molecule has 0 atom stereocenters. The summed E-state index contributed by atoms with van der Waals surface area (Å²) in [6.07, 6.45) is 3.06. The first-order valence-electron chi connectivity index (χ1n) is 10.5. The van der Waals surface area contributed by atoms with Crippen molar-refractivity contribution in [1.29, 1.82) is 0 Å². The van der Waals surface area contributed by atoms with Gasteiger partial charge in [0.15, 0.2) is 5.58 Å². The van der Waals surface area contributed by atoms with E-state index in [1.807, 2.05) is 30.3 Å². The lowest BCUT2D eigenvalue weighted by atomic mass is 9.77. The van der Waals surface area contributed by atoms with E-state index in [0.29, 0.717) is 29.3 Å². The minimum absolute atomic E-state index is 0.142. The monoisotopic (exact) mass is 405 g/mol. The van der Waals surface area contributed by atoms with Crippen molar-refractivity contribution in [1.82, 2.24) is 4.98 Å². The molecule has 1 aromatic heterocycles. The minimum atomic E-state index is -0.142. The van der Waals surface area contributed by atoms with Gasteiger partial charge >= 0.3 is 0 Å². The average molecular weight is 405 g/mol. The van der Waals surface area contributed by atoms with Crippen molar-refractivity contribution in [3.63, 3.8) is 0 Å². The van der Waals surface area contributed by atoms with Crippen LogP contribution in [0.4, 0.5) is 11.7 Å². The second kappa shape index (κ2) is 6.74. The van der Waals surface area contributed by atoms with Crippen molar-refractivity contribution in [2.45, 2.75) is 19.3 Å². The number of benzene rings is 2. The Labute approximate surface area is 174 Å². The van der Waals surface area contributed by atoms with Gasteiger partial charge in [0.2, 0.25) is 0 Å². The fraction of sp³-hybridized carbons (Fsp3) is 0.391. The molecule has 2 aromatic carbocycles. The van der Waals surface area contributed by atoms with E-state index in [9.17, 15) is 4.79 Å². The van der Waals surface area contributed by atoms with Crippen LogP contribution in [0.15, 0.2) is 40.8 Å². The molecule has 0 aliphatic carbocycles. The predicted octanol–water partition coefficient (Wildman–Crippen LogP) is 3.63. The molecule has 2 saturated heterocycles. The number of oxazole rings is 1. The van der Waals surface area contributed by atoms with Crippen LogP contribution in [0.2, 0.25) is 0 Å². The van der Waals surface area contributed by atoms with Crippen LogP contribution < -0.4 is 15.0 Å². The second-order valence-corrected chi connectivity index (χ2v) is 8.53. The average Bonchev–Trinajstić information content (AvgIpc) is 3.38. The number of carbonyl (C=O) groups excluding carboxylic acids is 1. The van der Waals surface area contributed by atoms with Gasteiger partial charge in [-0.3, -0.25) is 4.79 Å². The van der Waals surface area contributed by atoms with Crippen LogP contribution in [0, 0.1) is 5.41 Å². The number of piperidine rings is 1. The van der Waals surface area contributed by atoms with Crippen molar-refractivity contribution >= 4 is 28.7 Å². The SMILES string of the molecule is O=C(Nc1ccc2oc(N3CCC4(CC3)COC4)nc2c1)c1ccc2c(c1)CCO2. The molecule has 1 spiro atoms. The summed E-state index contributed by atoms with van der Waals surface area (Å²) in [5.41, 5.74) is 4.26. The molecule has 0 radical (unpaired) electrons. The molecule has 0 saturated carbocycles. The van der Waals surface area contributed by atoms with Crippen LogP contribution in [0.3, 0.4) is 0 Å². The number of hydrogen-bond donors (Lipinski definition) is 1. The van der Waals surface area contributed by atoms with Crippen molar-refractivity contribution in [2.24, 2.45) is 5.41 Å². The lowest BCUT2D eigenvalue weighted by Crippen LogP contribution is -2.51. The first-order chi connectivity index (χ1) is 14.7. The number of ether oxygens (including phenoxy) is 2. The third kappa shape index (κ3) is 3.01. The molecular formula is C23H23N3O4. The largest absolute Gasteiger partial charge is 0.493 e. The van der Waals surface area contributed by atoms with Gasteiger partial charge in [0, 0.05) is 36.2 Å². The normalized spacial score (nSPS) is 19.4. The first-order valence-corrected chi connectivity index (χ1v) is 10.5. The quantitative estimate of drug-likeness (QED) is 0.717. The van der Waals surface area contributed by atoms with Crippen molar-refractivity contribution in [3.05, 3.63) is 47.5 Å². The molecular weight excluding hydrogens is 382 g/mol. The molecule has 4 heterocycles. The number of fused-ring (bicyclic) bond motifs is 2. The van der Waals surface area contributed by atoms with Crippen molar-refractivity contribution in [2.75, 3.05) is 43.1 Å². The van der Waals surface area contributed by atoms with E-state index in [4.69, 9.17) is 13.9 Å². The van der Waals surface area contributed by atoms with Gasteiger partial charge < -0.3 is 24.1 Å². The highest BCUT2D eigenvalue weighted by Crippen LogP contribution is 2.39. The Morgan fingerprint density at radius 1 is 1.10 bits per heavy atom. The van der Waals surface area contributed by atoms with Crippen molar-refractivity contribution < 1.29 is 18.7 Å². The summed E-state index contributed by atoms with van der Waals surface area (Å²) in [7, 11) is 0. The van der Waals surface area contributed by atoms with E-state index in [2.05, 4.69) is 15.2 Å². The fourth-order valence-electron chi connectivity index (χ4n) is 4.51. The highest BCUT2D eigenvalue weighted by Gasteiger charge is 2.41. The Bertz CT molecular complexity index is 1120. The van der Waals surface area contributed by atoms with E-state index in [1.165, 1.54) is 0 Å². The van der Waals surface area contributed by atoms with Gasteiger partial charge in [-0.2, -0.15) is 4.98 Å². The number of nitrogens with zero attached hydrogens (tertiary/aromatic N) is 2. The zero-order chi connectivity index (χ0) is 20.1. The lowest BCUT2D eigenvalue weighted by molar-refractivity contribution is -0.124. The van der Waals surface area contributed by atoms with Crippen LogP contribution in [-0.2, 0) is 11.2 Å². The molecule has 2 fully saturated rings. The summed E-state index contributed by atoms with van der Waals surface area (Å²) < 4.78 is 16.9.